The molecule has 0 amide bonds. The second-order valence-corrected chi connectivity index (χ2v) is 6.02. The molecule has 3 N–H and O–H groups in total. The molecule has 0 unspecified atom stereocenters. The Labute approximate surface area is 113 Å². The number of anilines is 1. The first-order chi connectivity index (χ1) is 9.13. The summed E-state index contributed by atoms with van der Waals surface area (Å²) in [7, 11) is -3.49. The predicted octanol–water partition coefficient (Wildman–Crippen LogP) is 0.777. The summed E-state index contributed by atoms with van der Waals surface area (Å²) in [6, 6.07) is 6.95. The molecule has 19 heavy (non-hydrogen) atoms. The Hall–Kier alpha value is -1.31. The molecule has 0 aliphatic carbocycles. The number of nitrogens with two attached hydrogens (primary N) is 1. The molecule has 1 aliphatic heterocycles. The number of hydrogen-bond acceptors (Lipinski definition) is 4. The van der Waals surface area contributed by atoms with E-state index in [9.17, 15) is 8.42 Å². The van der Waals surface area contributed by atoms with E-state index in [1.165, 1.54) is 4.31 Å². The zero-order valence-corrected chi connectivity index (χ0v) is 11.5. The lowest BCUT2D eigenvalue weighted by Gasteiger charge is -2.18. The van der Waals surface area contributed by atoms with Crippen molar-refractivity contribution in [2.75, 3.05) is 31.0 Å². The van der Waals surface area contributed by atoms with E-state index >= 15 is 0 Å². The highest BCUT2D eigenvalue weighted by molar-refractivity contribution is 7.90. The maximum absolute atomic E-state index is 12.2. The van der Waals surface area contributed by atoms with E-state index < -0.39 is 10.2 Å². The SMILES string of the molecule is NCCOc1ccccc1NS(=O)(=O)N1CCCC1. The first-order valence-electron chi connectivity index (χ1n) is 6.33. The number of hydrogen-bond donors (Lipinski definition) is 2. The van der Waals surface area contributed by atoms with Crippen LogP contribution in [0.3, 0.4) is 0 Å². The summed E-state index contributed by atoms with van der Waals surface area (Å²) in [4.78, 5) is 0. The molecule has 106 valence electrons. The average Bonchev–Trinajstić information content (AvgIpc) is 2.92. The Bertz CT molecular complexity index is 513. The molecule has 6 nitrogen and oxygen atoms in total. The monoisotopic (exact) mass is 285 g/mol. The van der Waals surface area contributed by atoms with Gasteiger partial charge in [-0.15, -0.1) is 0 Å². The average molecular weight is 285 g/mol. The maximum Gasteiger partial charge on any atom is 0.301 e. The number of nitrogens with zero attached hydrogens (tertiary/aromatic N) is 1. The van der Waals surface area contributed by atoms with Gasteiger partial charge in [-0.25, -0.2) is 0 Å². The molecule has 1 aromatic carbocycles. The molecule has 1 aliphatic rings. The molecule has 0 spiro atoms. The smallest absolute Gasteiger partial charge is 0.301 e. The standard InChI is InChI=1S/C12H19N3O3S/c13-7-10-18-12-6-2-1-5-11(12)14-19(16,17)15-8-3-4-9-15/h1-2,5-6,14H,3-4,7-10,13H2. The number of para-hydroxylation sites is 2. The van der Waals surface area contributed by atoms with Crippen molar-refractivity contribution in [1.82, 2.24) is 4.31 Å². The van der Waals surface area contributed by atoms with Gasteiger partial charge in [0.1, 0.15) is 12.4 Å². The van der Waals surface area contributed by atoms with E-state index in [-0.39, 0.29) is 0 Å². The zero-order valence-electron chi connectivity index (χ0n) is 10.7. The van der Waals surface area contributed by atoms with Crippen molar-refractivity contribution in [3.63, 3.8) is 0 Å². The maximum atomic E-state index is 12.2. The van der Waals surface area contributed by atoms with Crippen LogP contribution in [0.2, 0.25) is 0 Å². The Morgan fingerprint density at radius 3 is 2.63 bits per heavy atom. The lowest BCUT2D eigenvalue weighted by Crippen LogP contribution is -2.33. The molecule has 7 heteroatoms. The molecule has 1 heterocycles. The Kier molecular flexibility index (Phi) is 4.62. The molecule has 0 bridgehead atoms. The van der Waals surface area contributed by atoms with Crippen LogP contribution in [-0.4, -0.2) is 39.0 Å². The molecule has 0 atom stereocenters. The number of nitrogens with one attached hydrogen (secondary N) is 1. The first-order valence-corrected chi connectivity index (χ1v) is 7.77. The van der Waals surface area contributed by atoms with Gasteiger partial charge in [0.25, 0.3) is 0 Å². The van der Waals surface area contributed by atoms with Crippen molar-refractivity contribution in [3.05, 3.63) is 24.3 Å². The summed E-state index contributed by atoms with van der Waals surface area (Å²) in [6.07, 6.45) is 1.82. The fourth-order valence-electron chi connectivity index (χ4n) is 1.98. The highest BCUT2D eigenvalue weighted by Gasteiger charge is 2.25. The van der Waals surface area contributed by atoms with Gasteiger partial charge in [-0.05, 0) is 25.0 Å². The van der Waals surface area contributed by atoms with Crippen LogP contribution < -0.4 is 15.2 Å². The lowest BCUT2D eigenvalue weighted by atomic mass is 10.3. The summed E-state index contributed by atoms with van der Waals surface area (Å²) in [6.45, 7) is 1.87. The normalized spacial score (nSPS) is 16.5. The van der Waals surface area contributed by atoms with Gasteiger partial charge >= 0.3 is 10.2 Å². The number of ether oxygens (including phenoxy) is 1. The van der Waals surface area contributed by atoms with Crippen LogP contribution in [-0.2, 0) is 10.2 Å². The molecular formula is C12H19N3O3S. The van der Waals surface area contributed by atoms with Gasteiger partial charge in [0.2, 0.25) is 0 Å². The van der Waals surface area contributed by atoms with Crippen LogP contribution in [0.4, 0.5) is 5.69 Å². The third-order valence-electron chi connectivity index (χ3n) is 2.91. The largest absolute Gasteiger partial charge is 0.490 e. The van der Waals surface area contributed by atoms with Crippen LogP contribution in [0.1, 0.15) is 12.8 Å². The Balaban J connectivity index is 2.13. The zero-order chi connectivity index (χ0) is 13.7. The summed E-state index contributed by atoms with van der Waals surface area (Å²) in [5.41, 5.74) is 5.83. The minimum atomic E-state index is -3.49. The van der Waals surface area contributed by atoms with Crippen molar-refractivity contribution >= 4 is 15.9 Å². The number of benzene rings is 1. The highest BCUT2D eigenvalue weighted by Crippen LogP contribution is 2.26. The Morgan fingerprint density at radius 2 is 1.95 bits per heavy atom. The molecule has 1 aromatic rings. The molecular weight excluding hydrogens is 266 g/mol. The van der Waals surface area contributed by atoms with Gasteiger partial charge in [0, 0.05) is 19.6 Å². The highest BCUT2D eigenvalue weighted by atomic mass is 32.2. The molecule has 2 rings (SSSR count). The summed E-state index contributed by atoms with van der Waals surface area (Å²) >= 11 is 0. The minimum absolute atomic E-state index is 0.350. The van der Waals surface area contributed by atoms with Crippen LogP contribution in [0.5, 0.6) is 5.75 Å². The van der Waals surface area contributed by atoms with Crippen LogP contribution in [0.15, 0.2) is 24.3 Å². The van der Waals surface area contributed by atoms with E-state index in [1.807, 2.05) is 0 Å². The van der Waals surface area contributed by atoms with E-state index in [4.69, 9.17) is 10.5 Å². The first kappa shape index (κ1) is 14.1. The quantitative estimate of drug-likeness (QED) is 0.809. The van der Waals surface area contributed by atoms with Gasteiger partial charge in [0.15, 0.2) is 0 Å². The van der Waals surface area contributed by atoms with Crippen LogP contribution in [0.25, 0.3) is 0 Å². The second kappa shape index (κ2) is 6.23. The third-order valence-corrected chi connectivity index (χ3v) is 4.43. The summed E-state index contributed by atoms with van der Waals surface area (Å²) < 4.78 is 33.8. The van der Waals surface area contributed by atoms with Crippen molar-refractivity contribution in [2.45, 2.75) is 12.8 Å². The van der Waals surface area contributed by atoms with E-state index in [0.717, 1.165) is 12.8 Å². The predicted molar refractivity (Wildman–Crippen MR) is 74.3 cm³/mol. The molecule has 1 saturated heterocycles. The molecule has 0 saturated carbocycles. The molecule has 0 aromatic heterocycles. The van der Waals surface area contributed by atoms with E-state index in [0.29, 0.717) is 37.7 Å². The van der Waals surface area contributed by atoms with Crippen molar-refractivity contribution < 1.29 is 13.2 Å². The fourth-order valence-corrected chi connectivity index (χ4v) is 3.29. The minimum Gasteiger partial charge on any atom is -0.490 e. The Morgan fingerprint density at radius 1 is 1.26 bits per heavy atom. The van der Waals surface area contributed by atoms with Crippen molar-refractivity contribution in [1.29, 1.82) is 0 Å². The van der Waals surface area contributed by atoms with Crippen molar-refractivity contribution in [2.24, 2.45) is 5.73 Å². The van der Waals surface area contributed by atoms with E-state index in [1.54, 1.807) is 24.3 Å². The van der Waals surface area contributed by atoms with Gasteiger partial charge in [-0.1, -0.05) is 12.1 Å². The molecule has 1 fully saturated rings. The van der Waals surface area contributed by atoms with Gasteiger partial charge < -0.3 is 10.5 Å². The van der Waals surface area contributed by atoms with Crippen LogP contribution in [0, 0.1) is 0 Å². The second-order valence-electron chi connectivity index (χ2n) is 4.35. The number of rotatable bonds is 6. The van der Waals surface area contributed by atoms with Crippen LogP contribution >= 0.6 is 0 Å². The topological polar surface area (TPSA) is 84.7 Å². The van der Waals surface area contributed by atoms with Gasteiger partial charge in [-0.3, -0.25) is 4.72 Å². The lowest BCUT2D eigenvalue weighted by molar-refractivity contribution is 0.330. The summed E-state index contributed by atoms with van der Waals surface area (Å²) in [5.74, 6) is 0.496. The fraction of sp³-hybridized carbons (Fsp3) is 0.500. The molecule has 0 radical (unpaired) electrons. The van der Waals surface area contributed by atoms with E-state index in [2.05, 4.69) is 4.72 Å². The van der Waals surface area contributed by atoms with Gasteiger partial charge in [0.05, 0.1) is 5.69 Å². The summed E-state index contributed by atoms with van der Waals surface area (Å²) in [5, 5.41) is 0. The third kappa shape index (κ3) is 3.59. The van der Waals surface area contributed by atoms with Gasteiger partial charge in [-0.2, -0.15) is 12.7 Å². The van der Waals surface area contributed by atoms with Crippen molar-refractivity contribution in [3.8, 4) is 5.75 Å².